The molecule has 7 nitrogen and oxygen atoms in total. The molecule has 1 saturated heterocycles. The Balaban J connectivity index is 1.60. The Hall–Kier alpha value is -2.39. The van der Waals surface area contributed by atoms with Crippen LogP contribution in [0.4, 0.5) is 0 Å². The highest BCUT2D eigenvalue weighted by molar-refractivity contribution is 7.17. The first-order valence-electron chi connectivity index (χ1n) is 9.41. The number of aromatic nitrogens is 3. The van der Waals surface area contributed by atoms with Crippen molar-refractivity contribution in [3.05, 3.63) is 58.1 Å². The van der Waals surface area contributed by atoms with E-state index >= 15 is 0 Å². The summed E-state index contributed by atoms with van der Waals surface area (Å²) >= 11 is 8.00. The van der Waals surface area contributed by atoms with Crippen molar-refractivity contribution in [2.45, 2.75) is 6.04 Å². The lowest BCUT2D eigenvalue weighted by molar-refractivity contribution is 0.127. The number of aromatic hydroxyl groups is 1. The van der Waals surface area contributed by atoms with Gasteiger partial charge in [-0.15, -0.1) is 5.10 Å². The van der Waals surface area contributed by atoms with Crippen molar-refractivity contribution < 1.29 is 9.52 Å². The minimum absolute atomic E-state index is 0.0964. The second-order valence-corrected chi connectivity index (χ2v) is 8.58. The highest BCUT2D eigenvalue weighted by atomic mass is 35.5. The van der Waals surface area contributed by atoms with Gasteiger partial charge in [0, 0.05) is 31.2 Å². The number of hydrogen-bond acceptors (Lipinski definition) is 7. The first-order valence-corrected chi connectivity index (χ1v) is 10.6. The van der Waals surface area contributed by atoms with Crippen molar-refractivity contribution in [1.82, 2.24) is 24.4 Å². The van der Waals surface area contributed by atoms with Gasteiger partial charge in [-0.2, -0.15) is 9.50 Å². The molecule has 1 aromatic carbocycles. The topological polar surface area (TPSA) is 70.0 Å². The molecule has 0 aliphatic carbocycles. The third kappa shape index (κ3) is 3.32. The molecule has 3 aromatic heterocycles. The molecule has 0 bridgehead atoms. The van der Waals surface area contributed by atoms with Crippen LogP contribution in [0.3, 0.4) is 0 Å². The van der Waals surface area contributed by atoms with E-state index in [0.717, 1.165) is 36.6 Å². The van der Waals surface area contributed by atoms with Gasteiger partial charge < -0.3 is 14.4 Å². The Morgan fingerprint density at radius 2 is 1.93 bits per heavy atom. The zero-order valence-electron chi connectivity index (χ0n) is 15.8. The van der Waals surface area contributed by atoms with Crippen molar-refractivity contribution >= 4 is 27.9 Å². The smallest absolute Gasteiger partial charge is 0.230 e. The number of piperazine rings is 1. The van der Waals surface area contributed by atoms with Gasteiger partial charge in [-0.1, -0.05) is 41.1 Å². The Labute approximate surface area is 176 Å². The number of likely N-dealkylation sites (N-methyl/N-ethyl adjacent to an activating group) is 1. The van der Waals surface area contributed by atoms with E-state index in [1.165, 1.54) is 15.9 Å². The fourth-order valence-electron chi connectivity index (χ4n) is 3.72. The molecule has 1 N–H and O–H groups in total. The molecule has 5 rings (SSSR count). The Morgan fingerprint density at radius 1 is 1.14 bits per heavy atom. The monoisotopic (exact) mass is 429 g/mol. The van der Waals surface area contributed by atoms with Crippen molar-refractivity contribution in [1.29, 1.82) is 0 Å². The minimum atomic E-state index is -0.155. The number of fused-ring (bicyclic) bond motifs is 1. The molecule has 1 atom stereocenters. The number of halogens is 1. The molecule has 4 heterocycles. The highest BCUT2D eigenvalue weighted by Crippen LogP contribution is 2.42. The summed E-state index contributed by atoms with van der Waals surface area (Å²) in [6.07, 6.45) is 1.58. The third-order valence-electron chi connectivity index (χ3n) is 5.29. The van der Waals surface area contributed by atoms with Crippen LogP contribution in [0.25, 0.3) is 16.5 Å². The van der Waals surface area contributed by atoms with Gasteiger partial charge in [-0.3, -0.25) is 4.90 Å². The second kappa shape index (κ2) is 7.46. The summed E-state index contributed by atoms with van der Waals surface area (Å²) in [5, 5.41) is 16.2. The van der Waals surface area contributed by atoms with E-state index in [2.05, 4.69) is 26.9 Å². The molecule has 0 amide bonds. The molecular weight excluding hydrogens is 410 g/mol. The molecule has 1 aliphatic rings. The van der Waals surface area contributed by atoms with Crippen molar-refractivity contribution in [3.63, 3.8) is 0 Å². The van der Waals surface area contributed by atoms with Crippen LogP contribution in [-0.4, -0.2) is 62.7 Å². The van der Waals surface area contributed by atoms with E-state index in [9.17, 15) is 5.11 Å². The van der Waals surface area contributed by atoms with Crippen LogP contribution in [0.2, 0.25) is 5.02 Å². The van der Waals surface area contributed by atoms with E-state index in [1.54, 1.807) is 18.4 Å². The molecule has 150 valence electrons. The number of furan rings is 1. The third-order valence-corrected chi connectivity index (χ3v) is 6.71. The average Bonchev–Trinajstić information content (AvgIpc) is 3.44. The van der Waals surface area contributed by atoms with Gasteiger partial charge in [-0.05, 0) is 30.8 Å². The summed E-state index contributed by atoms with van der Waals surface area (Å²) in [6, 6.07) is 11.2. The number of nitrogens with zero attached hydrogens (tertiary/aromatic N) is 5. The molecule has 1 fully saturated rings. The maximum absolute atomic E-state index is 11.1. The van der Waals surface area contributed by atoms with Crippen LogP contribution in [0, 0.1) is 0 Å². The molecule has 0 saturated carbocycles. The number of hydrogen-bond donors (Lipinski definition) is 1. The largest absolute Gasteiger partial charge is 0.492 e. The maximum Gasteiger partial charge on any atom is 0.230 e. The van der Waals surface area contributed by atoms with E-state index in [-0.39, 0.29) is 11.9 Å². The zero-order valence-corrected chi connectivity index (χ0v) is 17.4. The first-order chi connectivity index (χ1) is 14.1. The molecule has 4 aromatic rings. The molecule has 9 heteroatoms. The summed E-state index contributed by atoms with van der Waals surface area (Å²) in [5.74, 6) is 1.12. The van der Waals surface area contributed by atoms with Crippen LogP contribution < -0.4 is 0 Å². The van der Waals surface area contributed by atoms with Gasteiger partial charge in [0.25, 0.3) is 0 Å². The standard InChI is InChI=1S/C20H20ClN5O2S/c1-24-8-10-25(11-9-24)16(13-5-2-3-6-14(13)21)17-19(27)26-20(29-17)22-18(23-26)15-7-4-12-28-15/h2-7,12,16,27H,8-11H2,1H3. The normalized spacial score (nSPS) is 17.2. The summed E-state index contributed by atoms with van der Waals surface area (Å²) < 4.78 is 6.86. The van der Waals surface area contributed by atoms with Crippen molar-refractivity contribution in [3.8, 4) is 17.5 Å². The van der Waals surface area contributed by atoms with Crippen LogP contribution >= 0.6 is 22.9 Å². The summed E-state index contributed by atoms with van der Waals surface area (Å²) in [5.41, 5.74) is 0.977. The molecule has 1 aliphatic heterocycles. The summed E-state index contributed by atoms with van der Waals surface area (Å²) in [4.78, 5) is 10.6. The Kier molecular flexibility index (Phi) is 4.79. The van der Waals surface area contributed by atoms with Crippen LogP contribution in [-0.2, 0) is 0 Å². The Morgan fingerprint density at radius 3 is 2.62 bits per heavy atom. The predicted molar refractivity (Wildman–Crippen MR) is 113 cm³/mol. The summed E-state index contributed by atoms with van der Waals surface area (Å²) in [7, 11) is 2.12. The van der Waals surface area contributed by atoms with Crippen LogP contribution in [0.5, 0.6) is 5.88 Å². The quantitative estimate of drug-likeness (QED) is 0.532. The number of rotatable bonds is 4. The molecule has 0 spiro atoms. The Bertz CT molecular complexity index is 1130. The van der Waals surface area contributed by atoms with Gasteiger partial charge in [-0.25, -0.2) is 0 Å². The highest BCUT2D eigenvalue weighted by Gasteiger charge is 2.32. The minimum Gasteiger partial charge on any atom is -0.492 e. The molecular formula is C20H20ClN5O2S. The lowest BCUT2D eigenvalue weighted by Gasteiger charge is -2.38. The molecule has 0 radical (unpaired) electrons. The van der Waals surface area contributed by atoms with E-state index in [1.807, 2.05) is 24.3 Å². The lowest BCUT2D eigenvalue weighted by Crippen LogP contribution is -2.46. The second-order valence-electron chi connectivity index (χ2n) is 7.16. The van der Waals surface area contributed by atoms with E-state index < -0.39 is 0 Å². The summed E-state index contributed by atoms with van der Waals surface area (Å²) in [6.45, 7) is 3.70. The lowest BCUT2D eigenvalue weighted by atomic mass is 10.0. The maximum atomic E-state index is 11.1. The molecule has 29 heavy (non-hydrogen) atoms. The number of benzene rings is 1. The molecule has 1 unspecified atom stereocenters. The van der Waals surface area contributed by atoms with Gasteiger partial charge in [0.1, 0.15) is 0 Å². The van der Waals surface area contributed by atoms with Crippen molar-refractivity contribution in [2.24, 2.45) is 0 Å². The van der Waals surface area contributed by atoms with Gasteiger partial charge >= 0.3 is 0 Å². The number of thiazole rings is 1. The fraction of sp³-hybridized carbons (Fsp3) is 0.300. The van der Waals surface area contributed by atoms with Crippen LogP contribution in [0.15, 0.2) is 47.1 Å². The predicted octanol–water partition coefficient (Wildman–Crippen LogP) is 3.75. The van der Waals surface area contributed by atoms with Crippen LogP contribution in [0.1, 0.15) is 16.5 Å². The van der Waals surface area contributed by atoms with Gasteiger partial charge in [0.15, 0.2) is 5.76 Å². The first kappa shape index (κ1) is 18.6. The fourth-order valence-corrected chi connectivity index (χ4v) is 5.07. The van der Waals surface area contributed by atoms with E-state index in [4.69, 9.17) is 16.0 Å². The van der Waals surface area contributed by atoms with Gasteiger partial charge in [0.2, 0.25) is 16.7 Å². The van der Waals surface area contributed by atoms with Crippen molar-refractivity contribution in [2.75, 3.05) is 33.2 Å². The SMILES string of the molecule is CN1CCN(C(c2ccccc2Cl)c2sc3nc(-c4ccco4)nn3c2O)CC1. The zero-order chi connectivity index (χ0) is 20.0. The van der Waals surface area contributed by atoms with Gasteiger partial charge in [0.05, 0.1) is 17.2 Å². The average molecular weight is 430 g/mol. The van der Waals surface area contributed by atoms with E-state index in [0.29, 0.717) is 21.6 Å².